The summed E-state index contributed by atoms with van der Waals surface area (Å²) < 4.78 is 36.6. The topological polar surface area (TPSA) is 41.9 Å². The van der Waals surface area contributed by atoms with Crippen LogP contribution in [-0.4, -0.2) is 49.5 Å². The molecule has 1 saturated heterocycles. The van der Waals surface area contributed by atoms with E-state index in [9.17, 15) is 13.9 Å². The highest BCUT2D eigenvalue weighted by atomic mass is 35.5. The van der Waals surface area contributed by atoms with Crippen molar-refractivity contribution in [3.63, 3.8) is 0 Å². The molecule has 0 unspecified atom stereocenters. The SMILES string of the molecule is CC1=C(c2ccc(F)c(Cl)c2)COc2ccc(O)cc21.FCC1CN(CCOc2ccccc2)C1. The fourth-order valence-corrected chi connectivity index (χ4v) is 4.29. The zero-order chi connectivity index (χ0) is 24.8. The second-order valence-corrected chi connectivity index (χ2v) is 9.05. The summed E-state index contributed by atoms with van der Waals surface area (Å²) in [5, 5.41) is 9.68. The van der Waals surface area contributed by atoms with Crippen molar-refractivity contribution < 1.29 is 23.4 Å². The first-order valence-corrected chi connectivity index (χ1v) is 11.9. The van der Waals surface area contributed by atoms with Crippen LogP contribution in [0, 0.1) is 11.7 Å². The maximum Gasteiger partial charge on any atom is 0.141 e. The monoisotopic (exact) mass is 499 g/mol. The van der Waals surface area contributed by atoms with E-state index < -0.39 is 5.82 Å². The highest BCUT2D eigenvalue weighted by Crippen LogP contribution is 2.39. The van der Waals surface area contributed by atoms with Gasteiger partial charge in [0.25, 0.3) is 0 Å². The Bertz CT molecular complexity index is 1180. The maximum absolute atomic E-state index is 13.2. The number of hydrogen-bond acceptors (Lipinski definition) is 4. The molecule has 2 heterocycles. The van der Waals surface area contributed by atoms with Crippen molar-refractivity contribution in [1.82, 2.24) is 4.90 Å². The van der Waals surface area contributed by atoms with Gasteiger partial charge in [0.2, 0.25) is 0 Å². The fourth-order valence-electron chi connectivity index (χ4n) is 4.11. The summed E-state index contributed by atoms with van der Waals surface area (Å²) in [6, 6.07) is 19.4. The van der Waals surface area contributed by atoms with Crippen LogP contribution in [0.15, 0.2) is 66.7 Å². The number of rotatable bonds is 6. The van der Waals surface area contributed by atoms with Crippen LogP contribution in [0.2, 0.25) is 5.02 Å². The standard InChI is InChI=1S/C16H12ClFO2.C12H16FNO/c1-9-12-7-11(19)3-5-16(12)20-8-13(9)10-2-4-15(18)14(17)6-10;13-8-11-9-14(10-11)6-7-15-12-4-2-1-3-5-12/h2-7,19H,8H2,1H3;1-5,11H,6-10H2. The Balaban J connectivity index is 0.000000172. The molecular weight excluding hydrogens is 472 g/mol. The zero-order valence-corrected chi connectivity index (χ0v) is 20.3. The maximum atomic E-state index is 13.2. The molecular formula is C28H28ClF2NO3. The van der Waals surface area contributed by atoms with Crippen molar-refractivity contribution in [3.8, 4) is 17.2 Å². The molecule has 0 bridgehead atoms. The van der Waals surface area contributed by atoms with Gasteiger partial charge in [-0.3, -0.25) is 9.29 Å². The molecule has 0 aromatic heterocycles. The Kier molecular flexibility index (Phi) is 8.26. The second kappa shape index (κ2) is 11.6. The Morgan fingerprint density at radius 1 is 1.09 bits per heavy atom. The van der Waals surface area contributed by atoms with Crippen molar-refractivity contribution in [2.45, 2.75) is 6.92 Å². The number of aromatic hydroxyl groups is 1. The predicted octanol–water partition coefficient (Wildman–Crippen LogP) is 6.47. The van der Waals surface area contributed by atoms with Gasteiger partial charge in [0, 0.05) is 36.7 Å². The molecule has 184 valence electrons. The lowest BCUT2D eigenvalue weighted by Gasteiger charge is -2.37. The highest BCUT2D eigenvalue weighted by molar-refractivity contribution is 6.31. The third kappa shape index (κ3) is 6.32. The fraction of sp³-hybridized carbons (Fsp3) is 0.286. The quantitative estimate of drug-likeness (QED) is 0.422. The van der Waals surface area contributed by atoms with Gasteiger partial charge in [0.1, 0.15) is 36.3 Å². The van der Waals surface area contributed by atoms with E-state index in [0.717, 1.165) is 53.4 Å². The van der Waals surface area contributed by atoms with E-state index in [-0.39, 0.29) is 23.4 Å². The molecule has 0 saturated carbocycles. The number of phenols is 1. The first-order chi connectivity index (χ1) is 16.9. The van der Waals surface area contributed by atoms with Gasteiger partial charge in [-0.25, -0.2) is 4.39 Å². The number of nitrogens with zero attached hydrogens (tertiary/aromatic N) is 1. The molecule has 0 radical (unpaired) electrons. The number of para-hydroxylation sites is 1. The largest absolute Gasteiger partial charge is 0.508 e. The van der Waals surface area contributed by atoms with Crippen molar-refractivity contribution in [2.75, 3.05) is 39.5 Å². The minimum Gasteiger partial charge on any atom is -0.508 e. The number of hydrogen-bond donors (Lipinski definition) is 1. The molecule has 35 heavy (non-hydrogen) atoms. The lowest BCUT2D eigenvalue weighted by Crippen LogP contribution is -2.49. The van der Waals surface area contributed by atoms with Crippen LogP contribution < -0.4 is 9.47 Å². The lowest BCUT2D eigenvalue weighted by atomic mass is 9.93. The number of allylic oxidation sites excluding steroid dienone is 1. The Labute approximate surface area is 209 Å². The summed E-state index contributed by atoms with van der Waals surface area (Å²) in [7, 11) is 0. The van der Waals surface area contributed by atoms with E-state index in [2.05, 4.69) is 4.90 Å². The van der Waals surface area contributed by atoms with Gasteiger partial charge in [0.15, 0.2) is 0 Å². The number of fused-ring (bicyclic) bond motifs is 1. The molecule has 0 atom stereocenters. The molecule has 7 heteroatoms. The third-order valence-electron chi connectivity index (χ3n) is 6.13. The molecule has 0 spiro atoms. The summed E-state index contributed by atoms with van der Waals surface area (Å²) >= 11 is 5.83. The molecule has 2 aliphatic heterocycles. The molecule has 0 aliphatic carbocycles. The summed E-state index contributed by atoms with van der Waals surface area (Å²) in [5.41, 5.74) is 3.59. The van der Waals surface area contributed by atoms with Gasteiger partial charge in [-0.1, -0.05) is 35.9 Å². The average Bonchev–Trinajstić information content (AvgIpc) is 2.84. The summed E-state index contributed by atoms with van der Waals surface area (Å²) in [4.78, 5) is 2.22. The molecule has 3 aromatic carbocycles. The smallest absolute Gasteiger partial charge is 0.141 e. The van der Waals surface area contributed by atoms with E-state index in [0.29, 0.717) is 13.2 Å². The van der Waals surface area contributed by atoms with Crippen LogP contribution in [0.3, 0.4) is 0 Å². The Hall–Kier alpha value is -3.09. The number of likely N-dealkylation sites (tertiary alicyclic amines) is 1. The third-order valence-corrected chi connectivity index (χ3v) is 6.42. The zero-order valence-electron chi connectivity index (χ0n) is 19.5. The second-order valence-electron chi connectivity index (χ2n) is 8.64. The normalized spacial score (nSPS) is 15.4. The molecule has 1 fully saturated rings. The highest BCUT2D eigenvalue weighted by Gasteiger charge is 2.25. The van der Waals surface area contributed by atoms with Gasteiger partial charge in [-0.15, -0.1) is 0 Å². The summed E-state index contributed by atoms with van der Waals surface area (Å²) in [5.74, 6) is 1.65. The van der Waals surface area contributed by atoms with E-state index in [1.807, 2.05) is 37.3 Å². The minimum absolute atomic E-state index is 0.0875. The van der Waals surface area contributed by atoms with E-state index in [1.165, 1.54) is 6.07 Å². The molecule has 1 N–H and O–H groups in total. The van der Waals surface area contributed by atoms with Gasteiger partial charge in [-0.2, -0.15) is 0 Å². The minimum atomic E-state index is -0.441. The van der Waals surface area contributed by atoms with Crippen molar-refractivity contribution in [3.05, 3.63) is 88.7 Å². The number of phenolic OH excluding ortho intramolecular Hbond substituents is 1. The van der Waals surface area contributed by atoms with E-state index in [4.69, 9.17) is 21.1 Å². The Morgan fingerprint density at radius 2 is 1.86 bits per heavy atom. The number of alkyl halides is 1. The molecule has 3 aromatic rings. The van der Waals surface area contributed by atoms with Gasteiger partial charge in [-0.05, 0) is 60.5 Å². The Morgan fingerprint density at radius 3 is 2.57 bits per heavy atom. The van der Waals surface area contributed by atoms with Crippen LogP contribution in [0.1, 0.15) is 18.1 Å². The van der Waals surface area contributed by atoms with E-state index in [1.54, 1.807) is 30.3 Å². The van der Waals surface area contributed by atoms with Gasteiger partial charge in [0.05, 0.1) is 11.7 Å². The van der Waals surface area contributed by atoms with Crippen LogP contribution in [0.5, 0.6) is 17.2 Å². The summed E-state index contributed by atoms with van der Waals surface area (Å²) in [6.45, 7) is 5.51. The van der Waals surface area contributed by atoms with Crippen LogP contribution >= 0.6 is 11.6 Å². The first kappa shape index (κ1) is 25.0. The van der Waals surface area contributed by atoms with E-state index >= 15 is 0 Å². The molecule has 4 nitrogen and oxygen atoms in total. The van der Waals surface area contributed by atoms with Crippen molar-refractivity contribution in [1.29, 1.82) is 0 Å². The van der Waals surface area contributed by atoms with Crippen molar-refractivity contribution >= 4 is 22.7 Å². The number of benzene rings is 3. The van der Waals surface area contributed by atoms with Gasteiger partial charge < -0.3 is 14.6 Å². The lowest BCUT2D eigenvalue weighted by molar-refractivity contribution is 0.0668. The molecule has 0 amide bonds. The average molecular weight is 500 g/mol. The van der Waals surface area contributed by atoms with Crippen molar-refractivity contribution in [2.24, 2.45) is 5.92 Å². The first-order valence-electron chi connectivity index (χ1n) is 11.5. The number of ether oxygens (including phenoxy) is 2. The van der Waals surface area contributed by atoms with Crippen LogP contribution in [-0.2, 0) is 0 Å². The predicted molar refractivity (Wildman–Crippen MR) is 135 cm³/mol. The van der Waals surface area contributed by atoms with Gasteiger partial charge >= 0.3 is 0 Å². The molecule has 2 aliphatic rings. The van der Waals surface area contributed by atoms with Crippen LogP contribution in [0.4, 0.5) is 8.78 Å². The number of halogens is 3. The van der Waals surface area contributed by atoms with Crippen LogP contribution in [0.25, 0.3) is 11.1 Å². The molecule has 5 rings (SSSR count). The summed E-state index contributed by atoms with van der Waals surface area (Å²) in [6.07, 6.45) is 0.